The van der Waals surface area contributed by atoms with Gasteiger partial charge in [-0.3, -0.25) is 4.68 Å². The second-order valence-electron chi connectivity index (χ2n) is 3.89. The second kappa shape index (κ2) is 4.99. The van der Waals surface area contributed by atoms with Crippen LogP contribution in [-0.4, -0.2) is 26.2 Å². The summed E-state index contributed by atoms with van der Waals surface area (Å²) in [5.74, 6) is 0.865. The number of anilines is 1. The van der Waals surface area contributed by atoms with Crippen LogP contribution in [0.4, 0.5) is 10.2 Å². The monoisotopic (exact) mass is 237 g/mol. The summed E-state index contributed by atoms with van der Waals surface area (Å²) in [4.78, 5) is 0. The molecule has 0 saturated carbocycles. The predicted molar refractivity (Wildman–Crippen MR) is 63.5 cm³/mol. The van der Waals surface area contributed by atoms with Crippen molar-refractivity contribution in [1.82, 2.24) is 19.6 Å². The summed E-state index contributed by atoms with van der Waals surface area (Å²) in [5.41, 5.74) is 2.08. The van der Waals surface area contributed by atoms with E-state index in [0.717, 1.165) is 17.1 Å². The third-order valence-corrected chi connectivity index (χ3v) is 2.68. The Morgan fingerprint density at radius 3 is 2.88 bits per heavy atom. The molecule has 1 N–H and O–H groups in total. The SMILES string of the molecule is Cc1cnn(CCF)c1NCc1ccnn1C. The van der Waals surface area contributed by atoms with Gasteiger partial charge < -0.3 is 5.32 Å². The highest BCUT2D eigenvalue weighted by Gasteiger charge is 2.07. The first-order valence-electron chi connectivity index (χ1n) is 5.51. The van der Waals surface area contributed by atoms with Crippen molar-refractivity contribution in [2.45, 2.75) is 20.0 Å². The molecule has 0 atom stereocenters. The number of hydrogen-bond donors (Lipinski definition) is 1. The Balaban J connectivity index is 2.08. The van der Waals surface area contributed by atoms with E-state index < -0.39 is 6.67 Å². The predicted octanol–water partition coefficient (Wildman–Crippen LogP) is 1.51. The van der Waals surface area contributed by atoms with E-state index in [0.29, 0.717) is 6.54 Å². The van der Waals surface area contributed by atoms with Crippen molar-refractivity contribution < 1.29 is 4.39 Å². The van der Waals surface area contributed by atoms with E-state index >= 15 is 0 Å². The van der Waals surface area contributed by atoms with Crippen LogP contribution < -0.4 is 5.32 Å². The fourth-order valence-corrected chi connectivity index (χ4v) is 1.71. The third kappa shape index (κ3) is 2.46. The Hall–Kier alpha value is -1.85. The molecule has 0 amide bonds. The molecule has 0 spiro atoms. The van der Waals surface area contributed by atoms with Crippen molar-refractivity contribution in [1.29, 1.82) is 0 Å². The molecule has 0 radical (unpaired) electrons. The summed E-state index contributed by atoms with van der Waals surface area (Å²) in [6.45, 7) is 2.46. The van der Waals surface area contributed by atoms with Crippen LogP contribution in [0.2, 0.25) is 0 Å². The average Bonchev–Trinajstić information content (AvgIpc) is 2.85. The fourth-order valence-electron chi connectivity index (χ4n) is 1.71. The van der Waals surface area contributed by atoms with Crippen molar-refractivity contribution in [3.05, 3.63) is 29.7 Å². The quantitative estimate of drug-likeness (QED) is 0.857. The molecule has 2 rings (SSSR count). The maximum atomic E-state index is 12.3. The van der Waals surface area contributed by atoms with Gasteiger partial charge in [0.1, 0.15) is 12.5 Å². The fraction of sp³-hybridized carbons (Fsp3) is 0.455. The summed E-state index contributed by atoms with van der Waals surface area (Å²) in [6.07, 6.45) is 3.49. The minimum absolute atomic E-state index is 0.279. The molecule has 6 heteroatoms. The lowest BCUT2D eigenvalue weighted by Crippen LogP contribution is -2.11. The lowest BCUT2D eigenvalue weighted by molar-refractivity contribution is 0.429. The zero-order valence-corrected chi connectivity index (χ0v) is 10.0. The number of halogens is 1. The topological polar surface area (TPSA) is 47.7 Å². The van der Waals surface area contributed by atoms with Crippen LogP contribution in [0.25, 0.3) is 0 Å². The van der Waals surface area contributed by atoms with E-state index in [1.807, 2.05) is 20.0 Å². The highest BCUT2D eigenvalue weighted by molar-refractivity contribution is 5.43. The molecular weight excluding hydrogens is 221 g/mol. The number of hydrogen-bond acceptors (Lipinski definition) is 3. The molecule has 0 saturated heterocycles. The van der Waals surface area contributed by atoms with Gasteiger partial charge in [0.2, 0.25) is 0 Å². The van der Waals surface area contributed by atoms with Crippen molar-refractivity contribution >= 4 is 5.82 Å². The lowest BCUT2D eigenvalue weighted by atomic mass is 10.3. The molecule has 0 unspecified atom stereocenters. The van der Waals surface area contributed by atoms with Gasteiger partial charge in [-0.15, -0.1) is 0 Å². The van der Waals surface area contributed by atoms with E-state index in [4.69, 9.17) is 0 Å². The molecule has 0 aliphatic carbocycles. The Labute approximate surface area is 99.2 Å². The molecule has 0 aromatic carbocycles. The molecule has 17 heavy (non-hydrogen) atoms. The summed E-state index contributed by atoms with van der Waals surface area (Å²) < 4.78 is 15.8. The first-order valence-corrected chi connectivity index (χ1v) is 5.51. The Kier molecular flexibility index (Phi) is 3.41. The molecule has 2 heterocycles. The van der Waals surface area contributed by atoms with Gasteiger partial charge in [0.15, 0.2) is 0 Å². The highest BCUT2D eigenvalue weighted by atomic mass is 19.1. The third-order valence-electron chi connectivity index (χ3n) is 2.68. The normalized spacial score (nSPS) is 10.8. The maximum Gasteiger partial charge on any atom is 0.127 e. The minimum Gasteiger partial charge on any atom is -0.364 e. The van der Waals surface area contributed by atoms with Crippen molar-refractivity contribution in [3.8, 4) is 0 Å². The Morgan fingerprint density at radius 2 is 2.24 bits per heavy atom. The highest BCUT2D eigenvalue weighted by Crippen LogP contribution is 2.14. The van der Waals surface area contributed by atoms with Crippen LogP contribution in [0.3, 0.4) is 0 Å². The standard InChI is InChI=1S/C11H16FN5/c1-9-7-15-17(6-4-12)11(9)13-8-10-3-5-14-16(10)2/h3,5,7,13H,4,6,8H2,1-2H3. The molecule has 0 aliphatic rings. The summed E-state index contributed by atoms with van der Waals surface area (Å²) in [5, 5.41) is 11.5. The summed E-state index contributed by atoms with van der Waals surface area (Å²) >= 11 is 0. The van der Waals surface area contributed by atoms with Gasteiger partial charge in [-0.05, 0) is 13.0 Å². The lowest BCUT2D eigenvalue weighted by Gasteiger charge is -2.10. The smallest absolute Gasteiger partial charge is 0.127 e. The summed E-state index contributed by atoms with van der Waals surface area (Å²) in [7, 11) is 1.89. The number of alkyl halides is 1. The van der Waals surface area contributed by atoms with Crippen LogP contribution >= 0.6 is 0 Å². The van der Waals surface area contributed by atoms with Crippen molar-refractivity contribution in [2.24, 2.45) is 7.05 Å². The number of rotatable bonds is 5. The van der Waals surface area contributed by atoms with E-state index in [2.05, 4.69) is 15.5 Å². The van der Waals surface area contributed by atoms with E-state index in [-0.39, 0.29) is 6.54 Å². The number of nitrogens with one attached hydrogen (secondary N) is 1. The van der Waals surface area contributed by atoms with Crippen molar-refractivity contribution in [2.75, 3.05) is 12.0 Å². The first-order chi connectivity index (χ1) is 8.22. The van der Waals surface area contributed by atoms with Gasteiger partial charge >= 0.3 is 0 Å². The molecule has 92 valence electrons. The van der Waals surface area contributed by atoms with Crippen LogP contribution in [-0.2, 0) is 20.1 Å². The number of nitrogens with zero attached hydrogens (tertiary/aromatic N) is 4. The van der Waals surface area contributed by atoms with E-state index in [1.165, 1.54) is 0 Å². The Morgan fingerprint density at radius 1 is 1.41 bits per heavy atom. The first kappa shape index (κ1) is 11.6. The number of aryl methyl sites for hydroxylation is 3. The van der Waals surface area contributed by atoms with Gasteiger partial charge in [0.25, 0.3) is 0 Å². The van der Waals surface area contributed by atoms with Gasteiger partial charge in [0.05, 0.1) is 25.0 Å². The zero-order chi connectivity index (χ0) is 12.3. The molecule has 0 bridgehead atoms. The minimum atomic E-state index is -0.415. The maximum absolute atomic E-state index is 12.3. The molecule has 2 aromatic heterocycles. The van der Waals surface area contributed by atoms with Crippen molar-refractivity contribution in [3.63, 3.8) is 0 Å². The van der Waals surface area contributed by atoms with Crippen LogP contribution in [0.5, 0.6) is 0 Å². The molecule has 2 aromatic rings. The van der Waals surface area contributed by atoms with E-state index in [1.54, 1.807) is 21.8 Å². The van der Waals surface area contributed by atoms with Crippen LogP contribution in [0, 0.1) is 6.92 Å². The van der Waals surface area contributed by atoms with Gasteiger partial charge in [0, 0.05) is 18.8 Å². The Bertz CT molecular complexity index is 488. The summed E-state index contributed by atoms with van der Waals surface area (Å²) in [6, 6.07) is 1.94. The molecule has 5 nitrogen and oxygen atoms in total. The second-order valence-corrected chi connectivity index (χ2v) is 3.89. The van der Waals surface area contributed by atoms with Crippen LogP contribution in [0.15, 0.2) is 18.5 Å². The average molecular weight is 237 g/mol. The van der Waals surface area contributed by atoms with Gasteiger partial charge in [-0.1, -0.05) is 0 Å². The molecular formula is C11H16FN5. The largest absolute Gasteiger partial charge is 0.364 e. The molecule has 0 fully saturated rings. The molecule has 0 aliphatic heterocycles. The van der Waals surface area contributed by atoms with E-state index in [9.17, 15) is 4.39 Å². The zero-order valence-electron chi connectivity index (χ0n) is 10.0. The van der Waals surface area contributed by atoms with Gasteiger partial charge in [-0.2, -0.15) is 10.2 Å². The number of aromatic nitrogens is 4. The van der Waals surface area contributed by atoms with Crippen LogP contribution in [0.1, 0.15) is 11.3 Å². The van der Waals surface area contributed by atoms with Gasteiger partial charge in [-0.25, -0.2) is 9.07 Å².